The quantitative estimate of drug-likeness (QED) is 0.887. The minimum atomic E-state index is -3.17. The first-order valence-corrected chi connectivity index (χ1v) is 7.16. The van der Waals surface area contributed by atoms with Crippen molar-refractivity contribution in [2.75, 3.05) is 5.75 Å². The molecule has 1 aliphatic carbocycles. The number of hydrogen-bond acceptors (Lipinski definition) is 3. The van der Waals surface area contributed by atoms with Gasteiger partial charge in [-0.1, -0.05) is 19.1 Å². The molecule has 2 rings (SSSR count). The lowest BCUT2D eigenvalue weighted by molar-refractivity contribution is -0.138. The minimum absolute atomic E-state index is 0.0471. The summed E-state index contributed by atoms with van der Waals surface area (Å²) >= 11 is 0. The summed E-state index contributed by atoms with van der Waals surface area (Å²) in [6, 6.07) is 6.56. The number of carboxylic acids is 1. The fourth-order valence-electron chi connectivity index (χ4n) is 1.93. The summed E-state index contributed by atoms with van der Waals surface area (Å²) in [6.45, 7) is 1.60. The molecule has 0 amide bonds. The SMILES string of the molecule is CCS(=O)(=O)c1ccc(C2CC2C(=O)O)cc1. The number of aliphatic carboxylic acids is 1. The molecule has 0 saturated heterocycles. The molecule has 1 aromatic rings. The Morgan fingerprint density at radius 2 is 1.94 bits per heavy atom. The zero-order valence-corrected chi connectivity index (χ0v) is 10.3. The molecule has 1 saturated carbocycles. The summed E-state index contributed by atoms with van der Waals surface area (Å²) in [5.74, 6) is -0.956. The highest BCUT2D eigenvalue weighted by Gasteiger charge is 2.44. The Balaban J connectivity index is 2.18. The molecule has 92 valence electrons. The lowest BCUT2D eigenvalue weighted by atomic mass is 10.1. The van der Waals surface area contributed by atoms with E-state index in [1.807, 2.05) is 0 Å². The highest BCUT2D eigenvalue weighted by atomic mass is 32.2. The number of hydrogen-bond donors (Lipinski definition) is 1. The molecule has 5 heteroatoms. The van der Waals surface area contributed by atoms with E-state index in [-0.39, 0.29) is 17.6 Å². The average Bonchev–Trinajstić information content (AvgIpc) is 3.09. The Bertz CT molecular complexity index is 530. The molecule has 0 heterocycles. The molecular weight excluding hydrogens is 240 g/mol. The van der Waals surface area contributed by atoms with Gasteiger partial charge >= 0.3 is 5.97 Å². The van der Waals surface area contributed by atoms with Gasteiger partial charge in [0.15, 0.2) is 9.84 Å². The number of carboxylic acid groups (broad SMARTS) is 1. The van der Waals surface area contributed by atoms with Crippen LogP contribution in [-0.4, -0.2) is 25.2 Å². The second-order valence-corrected chi connectivity index (χ2v) is 6.54. The van der Waals surface area contributed by atoms with Gasteiger partial charge in [0.2, 0.25) is 0 Å². The van der Waals surface area contributed by atoms with Crippen molar-refractivity contribution in [3.63, 3.8) is 0 Å². The lowest BCUT2D eigenvalue weighted by Gasteiger charge is -2.03. The van der Waals surface area contributed by atoms with E-state index in [0.717, 1.165) is 5.56 Å². The fraction of sp³-hybridized carbons (Fsp3) is 0.417. The standard InChI is InChI=1S/C12H14O4S/c1-2-17(15,16)9-5-3-8(4-6-9)10-7-11(10)12(13)14/h3-6,10-11H,2,7H2,1H3,(H,13,14). The molecule has 0 spiro atoms. The Morgan fingerprint density at radius 1 is 1.35 bits per heavy atom. The zero-order valence-electron chi connectivity index (χ0n) is 9.46. The van der Waals surface area contributed by atoms with Crippen LogP contribution in [0.1, 0.15) is 24.8 Å². The van der Waals surface area contributed by atoms with Crippen LogP contribution in [0.4, 0.5) is 0 Å². The Morgan fingerprint density at radius 3 is 2.35 bits per heavy atom. The summed E-state index contributed by atoms with van der Waals surface area (Å²) in [5.41, 5.74) is 0.910. The predicted octanol–water partition coefficient (Wildman–Crippen LogP) is 1.67. The first-order chi connectivity index (χ1) is 7.95. The van der Waals surface area contributed by atoms with Crippen LogP contribution in [0.5, 0.6) is 0 Å². The molecule has 1 aromatic carbocycles. The molecule has 0 aromatic heterocycles. The van der Waals surface area contributed by atoms with Crippen LogP contribution < -0.4 is 0 Å². The van der Waals surface area contributed by atoms with Crippen molar-refractivity contribution in [2.45, 2.75) is 24.2 Å². The summed E-state index contributed by atoms with van der Waals surface area (Å²) in [5, 5.41) is 8.81. The maximum atomic E-state index is 11.6. The van der Waals surface area contributed by atoms with E-state index in [4.69, 9.17) is 5.11 Å². The molecule has 2 unspecified atom stereocenters. The maximum absolute atomic E-state index is 11.6. The predicted molar refractivity (Wildman–Crippen MR) is 62.7 cm³/mol. The van der Waals surface area contributed by atoms with E-state index in [0.29, 0.717) is 11.3 Å². The fourth-order valence-corrected chi connectivity index (χ4v) is 2.81. The zero-order chi connectivity index (χ0) is 12.6. The minimum Gasteiger partial charge on any atom is -0.481 e. The van der Waals surface area contributed by atoms with Crippen LogP contribution >= 0.6 is 0 Å². The van der Waals surface area contributed by atoms with E-state index in [9.17, 15) is 13.2 Å². The van der Waals surface area contributed by atoms with Gasteiger partial charge in [0.25, 0.3) is 0 Å². The van der Waals surface area contributed by atoms with Crippen LogP contribution in [0.2, 0.25) is 0 Å². The van der Waals surface area contributed by atoms with Gasteiger partial charge in [0.05, 0.1) is 16.6 Å². The molecule has 0 radical (unpaired) electrons. The smallest absolute Gasteiger partial charge is 0.307 e. The summed E-state index contributed by atoms with van der Waals surface area (Å²) in [4.78, 5) is 11.0. The van der Waals surface area contributed by atoms with E-state index >= 15 is 0 Å². The van der Waals surface area contributed by atoms with Crippen molar-refractivity contribution in [1.82, 2.24) is 0 Å². The van der Waals surface area contributed by atoms with Gasteiger partial charge in [-0.3, -0.25) is 4.79 Å². The first kappa shape index (κ1) is 12.1. The van der Waals surface area contributed by atoms with Crippen molar-refractivity contribution in [3.8, 4) is 0 Å². The van der Waals surface area contributed by atoms with Crippen LogP contribution in [0.15, 0.2) is 29.2 Å². The lowest BCUT2D eigenvalue weighted by Crippen LogP contribution is -2.03. The summed E-state index contributed by atoms with van der Waals surface area (Å²) in [6.07, 6.45) is 0.648. The Hall–Kier alpha value is -1.36. The Kier molecular flexibility index (Phi) is 2.95. The third-order valence-corrected chi connectivity index (χ3v) is 4.91. The largest absolute Gasteiger partial charge is 0.481 e. The van der Waals surface area contributed by atoms with Gasteiger partial charge in [-0.05, 0) is 30.0 Å². The highest BCUT2D eigenvalue weighted by Crippen LogP contribution is 2.47. The van der Waals surface area contributed by atoms with Crippen molar-refractivity contribution >= 4 is 15.8 Å². The Labute approximate surface area is 100 Å². The summed E-state index contributed by atoms with van der Waals surface area (Å²) in [7, 11) is -3.17. The maximum Gasteiger partial charge on any atom is 0.307 e. The van der Waals surface area contributed by atoms with Gasteiger partial charge in [0.1, 0.15) is 0 Å². The van der Waals surface area contributed by atoms with Gasteiger partial charge in [-0.15, -0.1) is 0 Å². The third kappa shape index (κ3) is 2.34. The second-order valence-electron chi connectivity index (χ2n) is 4.26. The number of benzene rings is 1. The number of rotatable bonds is 4. The van der Waals surface area contributed by atoms with E-state index in [1.165, 1.54) is 0 Å². The topological polar surface area (TPSA) is 71.4 Å². The molecule has 0 aliphatic heterocycles. The van der Waals surface area contributed by atoms with Gasteiger partial charge in [0, 0.05) is 0 Å². The molecule has 4 nitrogen and oxygen atoms in total. The van der Waals surface area contributed by atoms with Crippen molar-refractivity contribution < 1.29 is 18.3 Å². The van der Waals surface area contributed by atoms with Gasteiger partial charge in [-0.25, -0.2) is 8.42 Å². The number of carbonyl (C=O) groups is 1. The van der Waals surface area contributed by atoms with E-state index < -0.39 is 15.8 Å². The normalized spacial score (nSPS) is 23.4. The molecule has 1 N–H and O–H groups in total. The van der Waals surface area contributed by atoms with Crippen LogP contribution in [0.25, 0.3) is 0 Å². The van der Waals surface area contributed by atoms with E-state index in [2.05, 4.69) is 0 Å². The molecule has 2 atom stereocenters. The van der Waals surface area contributed by atoms with E-state index in [1.54, 1.807) is 31.2 Å². The molecule has 0 bridgehead atoms. The molecular formula is C12H14O4S. The van der Waals surface area contributed by atoms with Crippen molar-refractivity contribution in [2.24, 2.45) is 5.92 Å². The van der Waals surface area contributed by atoms with Crippen LogP contribution in [0, 0.1) is 5.92 Å². The highest BCUT2D eigenvalue weighted by molar-refractivity contribution is 7.91. The van der Waals surface area contributed by atoms with Crippen molar-refractivity contribution in [3.05, 3.63) is 29.8 Å². The van der Waals surface area contributed by atoms with Crippen LogP contribution in [0.3, 0.4) is 0 Å². The summed E-state index contributed by atoms with van der Waals surface area (Å²) < 4.78 is 23.2. The molecule has 1 aliphatic rings. The first-order valence-electron chi connectivity index (χ1n) is 5.51. The van der Waals surface area contributed by atoms with Gasteiger partial charge in [-0.2, -0.15) is 0 Å². The second kappa shape index (κ2) is 4.14. The monoisotopic (exact) mass is 254 g/mol. The van der Waals surface area contributed by atoms with Crippen molar-refractivity contribution in [1.29, 1.82) is 0 Å². The number of sulfone groups is 1. The molecule has 1 fully saturated rings. The third-order valence-electron chi connectivity index (χ3n) is 3.16. The van der Waals surface area contributed by atoms with Gasteiger partial charge < -0.3 is 5.11 Å². The average molecular weight is 254 g/mol. The van der Waals surface area contributed by atoms with Crippen LogP contribution in [-0.2, 0) is 14.6 Å². The molecule has 17 heavy (non-hydrogen) atoms.